The average molecular weight is 298 g/mol. The third-order valence-corrected chi connectivity index (χ3v) is 4.65. The molecule has 6 heteroatoms. The molecule has 20 heavy (non-hydrogen) atoms. The van der Waals surface area contributed by atoms with Gasteiger partial charge in [0.1, 0.15) is 0 Å². The van der Waals surface area contributed by atoms with Crippen LogP contribution in [0.25, 0.3) is 0 Å². The van der Waals surface area contributed by atoms with E-state index in [4.69, 9.17) is 15.2 Å². The summed E-state index contributed by atoms with van der Waals surface area (Å²) in [5, 5.41) is 2.01. The van der Waals surface area contributed by atoms with Crippen LogP contribution in [0.5, 0.6) is 0 Å². The minimum atomic E-state index is -0.634. The second-order valence-electron chi connectivity index (χ2n) is 5.34. The lowest BCUT2D eigenvalue weighted by Crippen LogP contribution is -2.51. The van der Waals surface area contributed by atoms with Crippen molar-refractivity contribution in [3.63, 3.8) is 0 Å². The van der Waals surface area contributed by atoms with E-state index in [1.807, 2.05) is 29.3 Å². The van der Waals surface area contributed by atoms with Crippen molar-refractivity contribution in [3.8, 4) is 0 Å². The molecule has 0 bridgehead atoms. The Kier molecular flexibility index (Phi) is 5.15. The molecular formula is C14H22N2O3S. The molecule has 2 heterocycles. The van der Waals surface area contributed by atoms with Crippen LogP contribution in [0.3, 0.4) is 0 Å². The Bertz CT molecular complexity index is 438. The van der Waals surface area contributed by atoms with Gasteiger partial charge in [0.25, 0.3) is 0 Å². The molecular weight excluding hydrogens is 276 g/mol. The third-order valence-electron chi connectivity index (χ3n) is 3.79. The molecule has 112 valence electrons. The van der Waals surface area contributed by atoms with Crippen molar-refractivity contribution in [1.29, 1.82) is 0 Å². The lowest BCUT2D eigenvalue weighted by atomic mass is 9.84. The van der Waals surface area contributed by atoms with Crippen molar-refractivity contribution >= 4 is 17.2 Å². The SMILES string of the molecule is COCCN(Cc1cccs1)C(=O)C1(C)COCC1N. The summed E-state index contributed by atoms with van der Waals surface area (Å²) < 4.78 is 10.5. The van der Waals surface area contributed by atoms with Crippen LogP contribution in [0, 0.1) is 5.41 Å². The van der Waals surface area contributed by atoms with Gasteiger partial charge in [0.15, 0.2) is 0 Å². The van der Waals surface area contributed by atoms with Gasteiger partial charge in [-0.3, -0.25) is 4.79 Å². The monoisotopic (exact) mass is 298 g/mol. The molecule has 1 aliphatic heterocycles. The number of amides is 1. The van der Waals surface area contributed by atoms with E-state index >= 15 is 0 Å². The number of nitrogens with zero attached hydrogens (tertiary/aromatic N) is 1. The molecule has 2 atom stereocenters. The van der Waals surface area contributed by atoms with Crippen LogP contribution >= 0.6 is 11.3 Å². The summed E-state index contributed by atoms with van der Waals surface area (Å²) in [6.07, 6.45) is 0. The summed E-state index contributed by atoms with van der Waals surface area (Å²) in [7, 11) is 1.64. The van der Waals surface area contributed by atoms with Gasteiger partial charge in [0.2, 0.25) is 5.91 Å². The number of nitrogens with two attached hydrogens (primary N) is 1. The van der Waals surface area contributed by atoms with Gasteiger partial charge in [-0.1, -0.05) is 6.07 Å². The summed E-state index contributed by atoms with van der Waals surface area (Å²) in [4.78, 5) is 15.8. The van der Waals surface area contributed by atoms with Gasteiger partial charge < -0.3 is 20.1 Å². The standard InChI is InChI=1S/C14H22N2O3S/c1-14(10-19-9-12(14)15)13(17)16(5-6-18-2)8-11-4-3-7-20-11/h3-4,7,12H,5-6,8-10,15H2,1-2H3. The number of thiophene rings is 1. The molecule has 2 rings (SSSR count). The van der Waals surface area contributed by atoms with Gasteiger partial charge in [0.05, 0.1) is 31.8 Å². The van der Waals surface area contributed by atoms with E-state index in [1.165, 1.54) is 0 Å². The van der Waals surface area contributed by atoms with Gasteiger partial charge in [-0.2, -0.15) is 0 Å². The zero-order valence-electron chi connectivity index (χ0n) is 12.0. The summed E-state index contributed by atoms with van der Waals surface area (Å²) in [5.41, 5.74) is 5.42. The summed E-state index contributed by atoms with van der Waals surface area (Å²) in [6.45, 7) is 4.41. The Balaban J connectivity index is 2.10. The second-order valence-corrected chi connectivity index (χ2v) is 6.37. The maximum Gasteiger partial charge on any atom is 0.232 e. The van der Waals surface area contributed by atoms with Crippen molar-refractivity contribution in [2.75, 3.05) is 33.5 Å². The topological polar surface area (TPSA) is 64.8 Å². The Morgan fingerprint density at radius 3 is 3.05 bits per heavy atom. The highest BCUT2D eigenvalue weighted by molar-refractivity contribution is 7.09. The normalized spacial score (nSPS) is 25.9. The number of ether oxygens (including phenoxy) is 2. The Morgan fingerprint density at radius 2 is 2.50 bits per heavy atom. The second kappa shape index (κ2) is 6.67. The Labute approximate surface area is 123 Å². The van der Waals surface area contributed by atoms with Crippen LogP contribution in [-0.4, -0.2) is 50.3 Å². The summed E-state index contributed by atoms with van der Waals surface area (Å²) in [6, 6.07) is 3.78. The first-order valence-corrected chi connectivity index (χ1v) is 7.60. The molecule has 2 unspecified atom stereocenters. The lowest BCUT2D eigenvalue weighted by molar-refractivity contribution is -0.143. The van der Waals surface area contributed by atoms with E-state index in [1.54, 1.807) is 18.4 Å². The van der Waals surface area contributed by atoms with Gasteiger partial charge in [-0.25, -0.2) is 0 Å². The minimum absolute atomic E-state index is 0.0490. The van der Waals surface area contributed by atoms with E-state index in [9.17, 15) is 4.79 Å². The zero-order chi connectivity index (χ0) is 14.6. The summed E-state index contributed by atoms with van der Waals surface area (Å²) >= 11 is 1.65. The number of hydrogen-bond donors (Lipinski definition) is 1. The number of hydrogen-bond acceptors (Lipinski definition) is 5. The number of carbonyl (C=O) groups excluding carboxylic acids is 1. The van der Waals surface area contributed by atoms with Gasteiger partial charge in [0, 0.05) is 24.6 Å². The smallest absolute Gasteiger partial charge is 0.232 e. The average Bonchev–Trinajstić information content (AvgIpc) is 3.05. The van der Waals surface area contributed by atoms with Gasteiger partial charge in [-0.05, 0) is 18.4 Å². The van der Waals surface area contributed by atoms with E-state index in [0.29, 0.717) is 32.9 Å². The molecule has 0 aromatic carbocycles. The maximum atomic E-state index is 12.8. The molecule has 5 nitrogen and oxygen atoms in total. The molecule has 1 aromatic rings. The molecule has 0 spiro atoms. The predicted molar refractivity (Wildman–Crippen MR) is 78.5 cm³/mol. The van der Waals surface area contributed by atoms with Crippen molar-refractivity contribution in [3.05, 3.63) is 22.4 Å². The molecule has 1 saturated heterocycles. The Hall–Kier alpha value is -0.950. The van der Waals surface area contributed by atoms with E-state index < -0.39 is 5.41 Å². The first kappa shape index (κ1) is 15.4. The van der Waals surface area contributed by atoms with E-state index in [-0.39, 0.29) is 11.9 Å². The zero-order valence-corrected chi connectivity index (χ0v) is 12.8. The molecule has 1 amide bonds. The number of carbonyl (C=O) groups is 1. The molecule has 1 fully saturated rings. The van der Waals surface area contributed by atoms with Crippen molar-refractivity contribution < 1.29 is 14.3 Å². The fourth-order valence-electron chi connectivity index (χ4n) is 2.31. The van der Waals surface area contributed by atoms with Crippen LogP contribution in [0.4, 0.5) is 0 Å². The minimum Gasteiger partial charge on any atom is -0.383 e. The Morgan fingerprint density at radius 1 is 1.70 bits per heavy atom. The molecule has 2 N–H and O–H groups in total. The maximum absolute atomic E-state index is 12.8. The predicted octanol–water partition coefficient (Wildman–Crippen LogP) is 1.09. The van der Waals surface area contributed by atoms with Crippen molar-refractivity contribution in [2.24, 2.45) is 11.1 Å². The van der Waals surface area contributed by atoms with E-state index in [2.05, 4.69) is 0 Å². The molecule has 0 saturated carbocycles. The third kappa shape index (κ3) is 3.20. The molecule has 1 aromatic heterocycles. The summed E-state index contributed by atoms with van der Waals surface area (Å²) in [5.74, 6) is 0.0490. The number of methoxy groups -OCH3 is 1. The lowest BCUT2D eigenvalue weighted by Gasteiger charge is -2.33. The van der Waals surface area contributed by atoms with Crippen LogP contribution in [0.2, 0.25) is 0 Å². The first-order valence-electron chi connectivity index (χ1n) is 6.72. The molecule has 0 aliphatic carbocycles. The van der Waals surface area contributed by atoms with Gasteiger partial charge in [-0.15, -0.1) is 11.3 Å². The first-order chi connectivity index (χ1) is 9.58. The van der Waals surface area contributed by atoms with Gasteiger partial charge >= 0.3 is 0 Å². The molecule has 1 aliphatic rings. The van der Waals surface area contributed by atoms with E-state index in [0.717, 1.165) is 4.88 Å². The fraction of sp³-hybridized carbons (Fsp3) is 0.643. The van der Waals surface area contributed by atoms with Crippen LogP contribution in [-0.2, 0) is 20.8 Å². The quantitative estimate of drug-likeness (QED) is 0.854. The van der Waals surface area contributed by atoms with Crippen LogP contribution < -0.4 is 5.73 Å². The van der Waals surface area contributed by atoms with Crippen LogP contribution in [0.1, 0.15) is 11.8 Å². The fourth-order valence-corrected chi connectivity index (χ4v) is 3.03. The highest BCUT2D eigenvalue weighted by atomic mass is 32.1. The van der Waals surface area contributed by atoms with Crippen LogP contribution in [0.15, 0.2) is 17.5 Å². The molecule has 0 radical (unpaired) electrons. The van der Waals surface area contributed by atoms with Crippen molar-refractivity contribution in [2.45, 2.75) is 19.5 Å². The highest BCUT2D eigenvalue weighted by Crippen LogP contribution is 2.30. The highest BCUT2D eigenvalue weighted by Gasteiger charge is 2.46. The van der Waals surface area contributed by atoms with Crippen molar-refractivity contribution in [1.82, 2.24) is 4.90 Å². The number of rotatable bonds is 6. The largest absolute Gasteiger partial charge is 0.383 e.